The van der Waals surface area contributed by atoms with E-state index in [2.05, 4.69) is 4.90 Å². The predicted molar refractivity (Wildman–Crippen MR) is 144 cm³/mol. The fraction of sp³-hybridized carbons (Fsp3) is 0.321. The Balaban J connectivity index is 1.56. The lowest BCUT2D eigenvalue weighted by atomic mass is 10.1. The number of benzene rings is 2. The molecule has 0 N–H and O–H groups in total. The second kappa shape index (κ2) is 9.40. The van der Waals surface area contributed by atoms with Crippen LogP contribution in [-0.2, 0) is 13.6 Å². The Labute approximate surface area is 213 Å². The zero-order valence-corrected chi connectivity index (χ0v) is 21.1. The number of ether oxygens (including phenoxy) is 1. The quantitative estimate of drug-likeness (QED) is 0.359. The molecule has 0 atom stereocenters. The van der Waals surface area contributed by atoms with Crippen molar-refractivity contribution in [2.45, 2.75) is 25.8 Å². The molecule has 0 amide bonds. The van der Waals surface area contributed by atoms with E-state index in [1.807, 2.05) is 69.8 Å². The van der Waals surface area contributed by atoms with Gasteiger partial charge in [-0.05, 0) is 50.2 Å². The maximum Gasteiger partial charge on any atom is 0.332 e. The van der Waals surface area contributed by atoms with Crippen molar-refractivity contribution in [1.82, 2.24) is 28.0 Å². The molecule has 4 heterocycles. The number of methoxy groups -OCH3 is 1. The first-order valence-corrected chi connectivity index (χ1v) is 12.7. The van der Waals surface area contributed by atoms with Gasteiger partial charge in [0.05, 0.1) is 12.8 Å². The Morgan fingerprint density at radius 2 is 1.65 bits per heavy atom. The molecule has 2 aromatic carbocycles. The van der Waals surface area contributed by atoms with Crippen molar-refractivity contribution in [2.24, 2.45) is 7.05 Å². The minimum absolute atomic E-state index is 0.311. The van der Waals surface area contributed by atoms with E-state index < -0.39 is 0 Å². The molecule has 1 saturated heterocycles. The van der Waals surface area contributed by atoms with Gasteiger partial charge in [-0.3, -0.25) is 22.9 Å². The zero-order chi connectivity index (χ0) is 25.5. The average Bonchev–Trinajstić information content (AvgIpc) is 3.50. The molecule has 0 unspecified atom stereocenters. The van der Waals surface area contributed by atoms with Gasteiger partial charge >= 0.3 is 5.69 Å². The van der Waals surface area contributed by atoms with Gasteiger partial charge in [0, 0.05) is 37.6 Å². The van der Waals surface area contributed by atoms with Gasteiger partial charge in [0.25, 0.3) is 5.56 Å². The number of aryl methyl sites for hydroxylation is 1. The molecule has 190 valence electrons. The van der Waals surface area contributed by atoms with Gasteiger partial charge in [-0.15, -0.1) is 0 Å². The molecule has 1 aliphatic heterocycles. The van der Waals surface area contributed by atoms with Crippen LogP contribution < -0.4 is 16.0 Å². The number of rotatable bonds is 6. The van der Waals surface area contributed by atoms with Crippen LogP contribution in [0, 0.1) is 0 Å². The highest BCUT2D eigenvalue weighted by Gasteiger charge is 2.23. The lowest BCUT2D eigenvalue weighted by Gasteiger charge is -2.26. The average molecular weight is 499 g/mol. The highest BCUT2D eigenvalue weighted by molar-refractivity contribution is 5.79. The standard InChI is InChI=1S/C28H30N6O3/c1-30-25-24(26(35)32(28(30)36)18-17-31-15-7-4-8-16-31)33-19-23(20-9-5-3-6-10-20)34(27(33)29-25)21-11-13-22(37-2)14-12-21/h3,5-6,9-14,19H,4,7-8,15-18H2,1-2H3. The van der Waals surface area contributed by atoms with Crippen molar-refractivity contribution in [3.05, 3.63) is 81.6 Å². The molecule has 37 heavy (non-hydrogen) atoms. The van der Waals surface area contributed by atoms with Crippen LogP contribution in [0.4, 0.5) is 0 Å². The molecule has 0 radical (unpaired) electrons. The minimum Gasteiger partial charge on any atom is -0.497 e. The van der Waals surface area contributed by atoms with Crippen LogP contribution in [0.5, 0.6) is 5.75 Å². The molecule has 6 rings (SSSR count). The van der Waals surface area contributed by atoms with Crippen molar-refractivity contribution in [2.75, 3.05) is 26.7 Å². The summed E-state index contributed by atoms with van der Waals surface area (Å²) in [5.41, 5.74) is 2.89. The number of nitrogens with zero attached hydrogens (tertiary/aromatic N) is 6. The third-order valence-corrected chi connectivity index (χ3v) is 7.34. The Kier molecular flexibility index (Phi) is 5.92. The smallest absolute Gasteiger partial charge is 0.332 e. The predicted octanol–water partition coefficient (Wildman–Crippen LogP) is 3.30. The van der Waals surface area contributed by atoms with E-state index in [1.54, 1.807) is 14.2 Å². The minimum atomic E-state index is -0.338. The van der Waals surface area contributed by atoms with E-state index in [1.165, 1.54) is 15.6 Å². The first-order valence-electron chi connectivity index (χ1n) is 12.7. The summed E-state index contributed by atoms with van der Waals surface area (Å²) in [7, 11) is 3.32. The van der Waals surface area contributed by atoms with E-state index in [0.29, 0.717) is 30.0 Å². The number of imidazole rings is 2. The number of likely N-dealkylation sites (tertiary alicyclic amines) is 1. The monoisotopic (exact) mass is 498 g/mol. The number of piperidine rings is 1. The summed E-state index contributed by atoms with van der Waals surface area (Å²) < 4.78 is 12.0. The van der Waals surface area contributed by atoms with Crippen molar-refractivity contribution in [1.29, 1.82) is 0 Å². The molecule has 0 aliphatic carbocycles. The Bertz CT molecular complexity index is 1690. The van der Waals surface area contributed by atoms with Gasteiger partial charge in [-0.25, -0.2) is 4.79 Å². The maximum atomic E-state index is 13.8. The molecule has 9 heteroatoms. The van der Waals surface area contributed by atoms with Gasteiger partial charge in [-0.2, -0.15) is 4.98 Å². The third kappa shape index (κ3) is 3.95. The van der Waals surface area contributed by atoms with Crippen molar-refractivity contribution in [3.63, 3.8) is 0 Å². The first kappa shape index (κ1) is 23.3. The largest absolute Gasteiger partial charge is 0.497 e. The fourth-order valence-electron chi connectivity index (χ4n) is 5.32. The van der Waals surface area contributed by atoms with Crippen LogP contribution in [-0.4, -0.2) is 54.7 Å². The summed E-state index contributed by atoms with van der Waals surface area (Å²) in [5.74, 6) is 1.32. The number of fused-ring (bicyclic) bond motifs is 3. The molecule has 1 aliphatic rings. The fourth-order valence-corrected chi connectivity index (χ4v) is 5.32. The molecule has 5 aromatic rings. The van der Waals surface area contributed by atoms with E-state index in [9.17, 15) is 9.59 Å². The second-order valence-electron chi connectivity index (χ2n) is 9.57. The molecule has 9 nitrogen and oxygen atoms in total. The van der Waals surface area contributed by atoms with Gasteiger partial charge in [0.1, 0.15) is 5.75 Å². The molecule has 0 saturated carbocycles. The summed E-state index contributed by atoms with van der Waals surface area (Å²) in [6, 6.07) is 17.7. The Hall–Kier alpha value is -4.11. The van der Waals surface area contributed by atoms with Crippen LogP contribution in [0.2, 0.25) is 0 Å². The van der Waals surface area contributed by atoms with Crippen LogP contribution in [0.15, 0.2) is 70.4 Å². The number of aromatic nitrogens is 5. The van der Waals surface area contributed by atoms with Crippen molar-refractivity contribution >= 4 is 16.9 Å². The molecular weight excluding hydrogens is 468 g/mol. The summed E-state index contributed by atoms with van der Waals surface area (Å²) in [6.07, 6.45) is 5.50. The second-order valence-corrected chi connectivity index (χ2v) is 9.57. The van der Waals surface area contributed by atoms with Gasteiger partial charge < -0.3 is 9.64 Å². The van der Waals surface area contributed by atoms with E-state index in [0.717, 1.165) is 48.6 Å². The molecule has 0 spiro atoms. The van der Waals surface area contributed by atoms with Crippen LogP contribution >= 0.6 is 0 Å². The summed E-state index contributed by atoms with van der Waals surface area (Å²) in [6.45, 7) is 3.07. The molecular formula is C28H30N6O3. The van der Waals surface area contributed by atoms with Crippen molar-refractivity contribution < 1.29 is 4.74 Å². The van der Waals surface area contributed by atoms with Gasteiger partial charge in [-0.1, -0.05) is 36.8 Å². The topological polar surface area (TPSA) is 78.7 Å². The first-order chi connectivity index (χ1) is 18.1. The molecule has 1 fully saturated rings. The third-order valence-electron chi connectivity index (χ3n) is 7.34. The summed E-state index contributed by atoms with van der Waals surface area (Å²) in [4.78, 5) is 34.2. The van der Waals surface area contributed by atoms with E-state index >= 15 is 0 Å². The van der Waals surface area contributed by atoms with Gasteiger partial charge in [0.2, 0.25) is 5.78 Å². The van der Waals surface area contributed by atoms with Gasteiger partial charge in [0.15, 0.2) is 11.2 Å². The summed E-state index contributed by atoms with van der Waals surface area (Å²) in [5, 5.41) is 0. The maximum absolute atomic E-state index is 13.8. The van der Waals surface area contributed by atoms with E-state index in [4.69, 9.17) is 9.72 Å². The molecule has 3 aromatic heterocycles. The highest BCUT2D eigenvalue weighted by atomic mass is 16.5. The lowest BCUT2D eigenvalue weighted by Crippen LogP contribution is -2.43. The Morgan fingerprint density at radius 1 is 0.919 bits per heavy atom. The van der Waals surface area contributed by atoms with Crippen LogP contribution in [0.3, 0.4) is 0 Å². The van der Waals surface area contributed by atoms with E-state index in [-0.39, 0.29) is 11.2 Å². The van der Waals surface area contributed by atoms with Crippen LogP contribution in [0.1, 0.15) is 19.3 Å². The Morgan fingerprint density at radius 3 is 2.35 bits per heavy atom. The van der Waals surface area contributed by atoms with Crippen LogP contribution in [0.25, 0.3) is 33.9 Å². The zero-order valence-electron chi connectivity index (χ0n) is 21.1. The van der Waals surface area contributed by atoms with Crippen molar-refractivity contribution in [3.8, 4) is 22.7 Å². The number of hydrogen-bond acceptors (Lipinski definition) is 5. The normalized spacial score (nSPS) is 14.5. The highest BCUT2D eigenvalue weighted by Crippen LogP contribution is 2.29. The summed E-state index contributed by atoms with van der Waals surface area (Å²) >= 11 is 0. The molecule has 0 bridgehead atoms. The lowest BCUT2D eigenvalue weighted by molar-refractivity contribution is 0.218. The number of hydrogen-bond donors (Lipinski definition) is 0. The SMILES string of the molecule is COc1ccc(-n2c(-c3ccccc3)cn3c4c(=O)n(CCN5CCCCC5)c(=O)n(C)c4nc23)cc1.